The summed E-state index contributed by atoms with van der Waals surface area (Å²) >= 11 is 0. The number of nitrogen functional groups attached to an aromatic ring is 1. The minimum atomic E-state index is -1.53. The number of H-pyrrole nitrogens is 1. The average molecular weight is 474 g/mol. The van der Waals surface area contributed by atoms with Gasteiger partial charge >= 0.3 is 0 Å². The first-order valence-corrected chi connectivity index (χ1v) is 10.7. The highest BCUT2D eigenvalue weighted by Gasteiger charge is 2.38. The van der Waals surface area contributed by atoms with E-state index in [1.807, 2.05) is 0 Å². The normalized spacial score (nSPS) is 17.3. The Morgan fingerprint density at radius 2 is 2.00 bits per heavy atom. The number of benzene rings is 1. The third-order valence-corrected chi connectivity index (χ3v) is 5.82. The fourth-order valence-electron chi connectivity index (χ4n) is 4.10. The van der Waals surface area contributed by atoms with Crippen LogP contribution in [0.2, 0.25) is 0 Å². The maximum Gasteiger partial charge on any atom is 0.262 e. The van der Waals surface area contributed by atoms with Gasteiger partial charge in [-0.1, -0.05) is 5.16 Å². The van der Waals surface area contributed by atoms with E-state index in [1.54, 1.807) is 53.6 Å². The Morgan fingerprint density at radius 1 is 1.17 bits per heavy atom. The number of rotatable bonds is 4. The third-order valence-electron chi connectivity index (χ3n) is 5.82. The zero-order valence-corrected chi connectivity index (χ0v) is 18.0. The van der Waals surface area contributed by atoms with Crippen molar-refractivity contribution >= 4 is 39.4 Å². The molecule has 1 aliphatic heterocycles. The predicted molar refractivity (Wildman–Crippen MR) is 123 cm³/mol. The van der Waals surface area contributed by atoms with Crippen LogP contribution in [0.3, 0.4) is 0 Å². The SMILES string of the molecule is Nc1noc2c1ccc1nc(C(O)C3OCCN(c4ccn(-c5ccncc5)n4)C3=O)[nH]c(=O)c12. The van der Waals surface area contributed by atoms with Crippen LogP contribution in [0.4, 0.5) is 11.6 Å². The lowest BCUT2D eigenvalue weighted by Gasteiger charge is -2.32. The van der Waals surface area contributed by atoms with Crippen LogP contribution in [0.25, 0.3) is 27.6 Å². The number of aliphatic hydroxyl groups excluding tert-OH is 1. The zero-order chi connectivity index (χ0) is 24.1. The molecule has 0 aliphatic carbocycles. The van der Waals surface area contributed by atoms with Crippen molar-refractivity contribution in [2.45, 2.75) is 12.2 Å². The number of nitrogens with two attached hydrogens (primary N) is 1. The highest BCUT2D eigenvalue weighted by Crippen LogP contribution is 2.28. The number of nitrogens with zero attached hydrogens (tertiary/aromatic N) is 6. The summed E-state index contributed by atoms with van der Waals surface area (Å²) in [6, 6.07) is 8.45. The molecule has 1 fully saturated rings. The van der Waals surface area contributed by atoms with Gasteiger partial charge in [-0.3, -0.25) is 19.5 Å². The number of anilines is 2. The molecule has 6 rings (SSSR count). The Balaban J connectivity index is 1.31. The Bertz CT molecular complexity index is 1630. The van der Waals surface area contributed by atoms with Crippen LogP contribution in [-0.2, 0) is 9.53 Å². The number of hydrogen-bond donors (Lipinski definition) is 3. The molecule has 5 heterocycles. The molecule has 1 aliphatic rings. The molecule has 0 radical (unpaired) electrons. The smallest absolute Gasteiger partial charge is 0.262 e. The number of nitrogens with one attached hydrogen (secondary N) is 1. The summed E-state index contributed by atoms with van der Waals surface area (Å²) < 4.78 is 12.4. The summed E-state index contributed by atoms with van der Waals surface area (Å²) in [6.07, 6.45) is 2.18. The highest BCUT2D eigenvalue weighted by atomic mass is 16.5. The minimum absolute atomic E-state index is 0.114. The van der Waals surface area contributed by atoms with Gasteiger partial charge in [-0.05, 0) is 24.3 Å². The fourth-order valence-corrected chi connectivity index (χ4v) is 4.10. The molecular formula is C22H18N8O5. The first kappa shape index (κ1) is 20.9. The van der Waals surface area contributed by atoms with E-state index >= 15 is 0 Å². The molecule has 4 aromatic heterocycles. The summed E-state index contributed by atoms with van der Waals surface area (Å²) in [5, 5.41) is 19.7. The van der Waals surface area contributed by atoms with E-state index in [-0.39, 0.29) is 41.3 Å². The lowest BCUT2D eigenvalue weighted by Crippen LogP contribution is -2.50. The molecule has 2 atom stereocenters. The standard InChI is InChI=1S/C22H18N8O5/c23-19-12-1-2-13-15(17(12)35-28-19)21(32)26-20(25-13)16(31)18-22(33)29(9-10-34-18)14-5-8-30(27-14)11-3-6-24-7-4-11/h1-8,16,18,31H,9-10H2,(H2,23,28)(H,25,26,32). The van der Waals surface area contributed by atoms with Crippen LogP contribution in [0.5, 0.6) is 0 Å². The molecule has 1 saturated heterocycles. The predicted octanol–water partition coefficient (Wildman–Crippen LogP) is 0.693. The number of pyridine rings is 1. The van der Waals surface area contributed by atoms with Crippen molar-refractivity contribution in [3.63, 3.8) is 0 Å². The molecular weight excluding hydrogens is 456 g/mol. The zero-order valence-electron chi connectivity index (χ0n) is 18.0. The van der Waals surface area contributed by atoms with Crippen molar-refractivity contribution in [2.75, 3.05) is 23.8 Å². The topological polar surface area (TPSA) is 178 Å². The Morgan fingerprint density at radius 3 is 2.83 bits per heavy atom. The molecule has 35 heavy (non-hydrogen) atoms. The van der Waals surface area contributed by atoms with Crippen LogP contribution < -0.4 is 16.2 Å². The van der Waals surface area contributed by atoms with Gasteiger partial charge in [0, 0.05) is 24.7 Å². The van der Waals surface area contributed by atoms with Gasteiger partial charge in [-0.25, -0.2) is 9.67 Å². The number of carbonyl (C=O) groups excluding carboxylic acids is 1. The third kappa shape index (κ3) is 3.41. The number of fused-ring (bicyclic) bond motifs is 3. The molecule has 0 bridgehead atoms. The summed E-state index contributed by atoms with van der Waals surface area (Å²) in [5.41, 5.74) is 6.42. The molecule has 13 nitrogen and oxygen atoms in total. The first-order chi connectivity index (χ1) is 17.0. The lowest BCUT2D eigenvalue weighted by molar-refractivity contribution is -0.143. The Labute approximate surface area is 195 Å². The summed E-state index contributed by atoms with van der Waals surface area (Å²) in [7, 11) is 0. The summed E-state index contributed by atoms with van der Waals surface area (Å²) in [6.45, 7) is 0.410. The van der Waals surface area contributed by atoms with Gasteiger partial charge in [0.25, 0.3) is 11.5 Å². The van der Waals surface area contributed by atoms with Crippen LogP contribution in [0.1, 0.15) is 11.9 Å². The minimum Gasteiger partial charge on any atom is -0.382 e. The molecule has 1 aromatic carbocycles. The number of ether oxygens (including phenoxy) is 1. The number of aliphatic hydroxyl groups is 1. The Hall–Kier alpha value is -4.62. The summed E-state index contributed by atoms with van der Waals surface area (Å²) in [4.78, 5) is 38.3. The largest absolute Gasteiger partial charge is 0.382 e. The second-order valence-corrected chi connectivity index (χ2v) is 7.91. The molecule has 2 unspecified atom stereocenters. The van der Waals surface area contributed by atoms with Crippen molar-refractivity contribution in [1.82, 2.24) is 29.9 Å². The average Bonchev–Trinajstić information content (AvgIpc) is 3.51. The van der Waals surface area contributed by atoms with E-state index in [1.165, 1.54) is 4.90 Å². The molecule has 5 aromatic rings. The molecule has 4 N–H and O–H groups in total. The quantitative estimate of drug-likeness (QED) is 0.336. The van der Waals surface area contributed by atoms with Crippen LogP contribution in [0, 0.1) is 0 Å². The van der Waals surface area contributed by atoms with Gasteiger partial charge in [0.15, 0.2) is 23.3 Å². The maximum absolute atomic E-state index is 13.2. The maximum atomic E-state index is 13.2. The molecule has 176 valence electrons. The second kappa shape index (κ2) is 8.00. The number of carbonyl (C=O) groups is 1. The lowest BCUT2D eigenvalue weighted by atomic mass is 10.1. The number of amides is 1. The van der Waals surface area contributed by atoms with E-state index in [2.05, 4.69) is 25.2 Å². The molecule has 1 amide bonds. The van der Waals surface area contributed by atoms with Crippen molar-refractivity contribution < 1.29 is 19.2 Å². The van der Waals surface area contributed by atoms with Gasteiger partial charge in [0.05, 0.1) is 29.7 Å². The number of hydrogen-bond acceptors (Lipinski definition) is 10. The Kier molecular flexibility index (Phi) is 4.79. The summed E-state index contributed by atoms with van der Waals surface area (Å²) in [5.74, 6) is -0.0718. The van der Waals surface area contributed by atoms with E-state index in [0.29, 0.717) is 11.2 Å². The van der Waals surface area contributed by atoms with E-state index in [9.17, 15) is 14.7 Å². The van der Waals surface area contributed by atoms with E-state index in [0.717, 1.165) is 5.69 Å². The van der Waals surface area contributed by atoms with Crippen molar-refractivity contribution in [3.8, 4) is 5.69 Å². The van der Waals surface area contributed by atoms with E-state index in [4.69, 9.17) is 15.0 Å². The van der Waals surface area contributed by atoms with Gasteiger partial charge in [-0.15, -0.1) is 5.10 Å². The van der Waals surface area contributed by atoms with Gasteiger partial charge in [0.1, 0.15) is 17.3 Å². The van der Waals surface area contributed by atoms with Gasteiger partial charge < -0.3 is 25.1 Å². The number of aromatic amines is 1. The van der Waals surface area contributed by atoms with Crippen molar-refractivity contribution in [2.24, 2.45) is 0 Å². The molecule has 13 heteroatoms. The number of morpholine rings is 1. The second-order valence-electron chi connectivity index (χ2n) is 7.91. The fraction of sp³-hybridized carbons (Fsp3) is 0.182. The van der Waals surface area contributed by atoms with Crippen LogP contribution >= 0.6 is 0 Å². The monoisotopic (exact) mass is 474 g/mol. The molecule has 0 saturated carbocycles. The first-order valence-electron chi connectivity index (χ1n) is 10.7. The highest BCUT2D eigenvalue weighted by molar-refractivity contribution is 6.05. The van der Waals surface area contributed by atoms with Crippen molar-refractivity contribution in [1.29, 1.82) is 0 Å². The van der Waals surface area contributed by atoms with Crippen molar-refractivity contribution in [3.05, 3.63) is 65.1 Å². The van der Waals surface area contributed by atoms with Gasteiger partial charge in [0.2, 0.25) is 0 Å². The van der Waals surface area contributed by atoms with E-state index < -0.39 is 23.7 Å². The van der Waals surface area contributed by atoms with Gasteiger partial charge in [-0.2, -0.15) is 0 Å². The number of aromatic nitrogens is 6. The van der Waals surface area contributed by atoms with Crippen LogP contribution in [-0.4, -0.2) is 60.2 Å². The molecule has 0 spiro atoms. The van der Waals surface area contributed by atoms with Crippen LogP contribution in [0.15, 0.2) is 58.2 Å².